The Kier molecular flexibility index (Phi) is 4.65. The smallest absolute Gasteiger partial charge is 0.247 e. The fourth-order valence-corrected chi connectivity index (χ4v) is 6.78. The van der Waals surface area contributed by atoms with Crippen LogP contribution in [0, 0.1) is 0 Å². The molecule has 4 nitrogen and oxygen atoms in total. The fraction of sp³-hybridized carbons (Fsp3) is 0.600. The Labute approximate surface area is 141 Å². The molecule has 2 bridgehead atoms. The van der Waals surface area contributed by atoms with Crippen molar-refractivity contribution in [3.05, 3.63) is 23.2 Å². The van der Waals surface area contributed by atoms with Gasteiger partial charge in [0.15, 0.2) is 0 Å². The normalized spacial score (nSPS) is 28.8. The molecule has 2 heterocycles. The zero-order valence-electron chi connectivity index (χ0n) is 12.7. The highest BCUT2D eigenvalue weighted by Crippen LogP contribution is 2.44. The number of hydrogen-bond donors (Lipinski definition) is 0. The van der Waals surface area contributed by atoms with Gasteiger partial charge in [-0.2, -0.15) is 16.1 Å². The summed E-state index contributed by atoms with van der Waals surface area (Å²) in [7, 11) is -2.10. The maximum absolute atomic E-state index is 13.2. The average molecular weight is 362 g/mol. The van der Waals surface area contributed by atoms with Gasteiger partial charge < -0.3 is 4.74 Å². The monoisotopic (exact) mass is 361 g/mol. The van der Waals surface area contributed by atoms with Gasteiger partial charge in [-0.1, -0.05) is 11.6 Å². The fourth-order valence-electron chi connectivity index (χ4n) is 3.63. The molecule has 7 heteroatoms. The lowest BCUT2D eigenvalue weighted by Gasteiger charge is -2.37. The summed E-state index contributed by atoms with van der Waals surface area (Å²) in [5.74, 6) is 0.357. The summed E-state index contributed by atoms with van der Waals surface area (Å²) in [6.07, 6.45) is 5.86. The van der Waals surface area contributed by atoms with Gasteiger partial charge in [0, 0.05) is 22.4 Å². The molecule has 0 amide bonds. The topological polar surface area (TPSA) is 46.6 Å². The van der Waals surface area contributed by atoms with Crippen molar-refractivity contribution in [3.8, 4) is 5.75 Å². The molecule has 2 saturated heterocycles. The molecule has 2 aliphatic heterocycles. The Morgan fingerprint density at radius 2 is 1.91 bits per heavy atom. The van der Waals surface area contributed by atoms with Crippen LogP contribution in [0.3, 0.4) is 0 Å². The molecule has 2 unspecified atom stereocenters. The van der Waals surface area contributed by atoms with Crippen LogP contribution in [-0.4, -0.2) is 43.4 Å². The lowest BCUT2D eigenvalue weighted by Crippen LogP contribution is -2.47. The van der Waals surface area contributed by atoms with Gasteiger partial charge in [0.1, 0.15) is 10.6 Å². The molecule has 0 radical (unpaired) electrons. The second-order valence-electron chi connectivity index (χ2n) is 5.84. The van der Waals surface area contributed by atoms with Gasteiger partial charge in [-0.3, -0.25) is 0 Å². The van der Waals surface area contributed by atoms with E-state index >= 15 is 0 Å². The predicted octanol–water partition coefficient (Wildman–Crippen LogP) is 3.40. The highest BCUT2D eigenvalue weighted by Gasteiger charge is 2.47. The van der Waals surface area contributed by atoms with Gasteiger partial charge in [0.2, 0.25) is 10.0 Å². The number of halogens is 1. The number of thioether (sulfide) groups is 1. The van der Waals surface area contributed by atoms with Crippen molar-refractivity contribution < 1.29 is 13.2 Å². The molecule has 1 aromatic carbocycles. The number of ether oxygens (including phenoxy) is 1. The molecule has 0 aliphatic carbocycles. The van der Waals surface area contributed by atoms with Gasteiger partial charge in [-0.05, 0) is 50.1 Å². The number of fused-ring (bicyclic) bond motifs is 2. The van der Waals surface area contributed by atoms with Crippen molar-refractivity contribution in [1.29, 1.82) is 0 Å². The van der Waals surface area contributed by atoms with Crippen molar-refractivity contribution in [1.82, 2.24) is 4.31 Å². The third kappa shape index (κ3) is 2.75. The highest BCUT2D eigenvalue weighted by molar-refractivity contribution is 7.99. The van der Waals surface area contributed by atoms with Crippen LogP contribution in [0.4, 0.5) is 0 Å². The standard InChI is InChI=1S/C15H20ClNO3S2/c1-20-14-6-3-10(16)7-15(14)22(18,19)17-11-4-5-12(17)9-13(8-11)21-2/h3,6-7,11-13H,4-5,8-9H2,1-2H3. The lowest BCUT2D eigenvalue weighted by molar-refractivity contribution is 0.252. The van der Waals surface area contributed by atoms with E-state index < -0.39 is 10.0 Å². The molecule has 0 N–H and O–H groups in total. The minimum Gasteiger partial charge on any atom is -0.495 e. The third-order valence-corrected chi connectivity index (χ3v) is 7.95. The summed E-state index contributed by atoms with van der Waals surface area (Å²) in [5.41, 5.74) is 0. The van der Waals surface area contributed by atoms with Gasteiger partial charge in [0.25, 0.3) is 0 Å². The quantitative estimate of drug-likeness (QED) is 0.824. The van der Waals surface area contributed by atoms with Gasteiger partial charge >= 0.3 is 0 Å². The van der Waals surface area contributed by atoms with Crippen molar-refractivity contribution >= 4 is 33.4 Å². The van der Waals surface area contributed by atoms with Gasteiger partial charge in [0.05, 0.1) is 7.11 Å². The second-order valence-corrected chi connectivity index (χ2v) is 9.23. The van der Waals surface area contributed by atoms with Crippen molar-refractivity contribution in [2.24, 2.45) is 0 Å². The highest BCUT2D eigenvalue weighted by atomic mass is 35.5. The molecule has 2 atom stereocenters. The van der Waals surface area contributed by atoms with Gasteiger partial charge in [-0.15, -0.1) is 0 Å². The average Bonchev–Trinajstić information content (AvgIpc) is 2.79. The van der Waals surface area contributed by atoms with E-state index in [0.29, 0.717) is 16.0 Å². The van der Waals surface area contributed by atoms with E-state index in [9.17, 15) is 8.42 Å². The van der Waals surface area contributed by atoms with E-state index in [0.717, 1.165) is 25.7 Å². The number of methoxy groups -OCH3 is 1. The van der Waals surface area contributed by atoms with Crippen LogP contribution in [0.15, 0.2) is 23.1 Å². The first-order valence-corrected chi connectivity index (χ1v) is 10.5. The maximum atomic E-state index is 13.2. The molecular weight excluding hydrogens is 342 g/mol. The zero-order chi connectivity index (χ0) is 15.9. The molecule has 0 spiro atoms. The van der Waals surface area contributed by atoms with Crippen LogP contribution in [0.2, 0.25) is 5.02 Å². The van der Waals surface area contributed by atoms with Crippen LogP contribution < -0.4 is 4.74 Å². The first-order chi connectivity index (χ1) is 10.5. The Morgan fingerprint density at radius 3 is 2.45 bits per heavy atom. The molecule has 3 rings (SSSR count). The maximum Gasteiger partial charge on any atom is 0.247 e. The van der Waals surface area contributed by atoms with E-state index in [-0.39, 0.29) is 17.0 Å². The van der Waals surface area contributed by atoms with E-state index in [1.165, 1.54) is 13.2 Å². The predicted molar refractivity (Wildman–Crippen MR) is 90.4 cm³/mol. The Morgan fingerprint density at radius 1 is 1.27 bits per heavy atom. The zero-order valence-corrected chi connectivity index (χ0v) is 15.0. The molecule has 2 aliphatic rings. The second kappa shape index (κ2) is 6.23. The SMILES string of the molecule is COc1ccc(Cl)cc1S(=O)(=O)N1C2CCC1CC(SC)C2. The summed E-state index contributed by atoms with van der Waals surface area (Å²) in [6, 6.07) is 4.96. The van der Waals surface area contributed by atoms with Crippen LogP contribution in [0.1, 0.15) is 25.7 Å². The minimum atomic E-state index is -3.58. The summed E-state index contributed by atoms with van der Waals surface area (Å²) < 4.78 is 33.3. The van der Waals surface area contributed by atoms with Crippen molar-refractivity contribution in [3.63, 3.8) is 0 Å². The number of piperidine rings is 1. The number of benzene rings is 1. The third-order valence-electron chi connectivity index (χ3n) is 4.64. The molecule has 122 valence electrons. The first-order valence-electron chi connectivity index (χ1n) is 7.37. The number of hydrogen-bond acceptors (Lipinski definition) is 4. The number of rotatable bonds is 4. The molecule has 0 aromatic heterocycles. The van der Waals surface area contributed by atoms with E-state index in [2.05, 4.69) is 6.26 Å². The Balaban J connectivity index is 1.99. The molecule has 0 saturated carbocycles. The van der Waals surface area contributed by atoms with Crippen LogP contribution in [0.5, 0.6) is 5.75 Å². The molecule has 1 aromatic rings. The largest absolute Gasteiger partial charge is 0.495 e. The Hall–Kier alpha value is -0.430. The van der Waals surface area contributed by atoms with Gasteiger partial charge in [-0.25, -0.2) is 8.42 Å². The number of nitrogens with zero attached hydrogens (tertiary/aromatic N) is 1. The summed E-state index contributed by atoms with van der Waals surface area (Å²) in [5, 5.41) is 0.968. The minimum absolute atomic E-state index is 0.102. The first kappa shape index (κ1) is 16.4. The Bertz CT molecular complexity index is 651. The molecular formula is C15H20ClNO3S2. The van der Waals surface area contributed by atoms with Crippen molar-refractivity contribution in [2.45, 2.75) is 47.9 Å². The summed E-state index contributed by atoms with van der Waals surface area (Å²) in [4.78, 5) is 0.182. The van der Waals surface area contributed by atoms with E-state index in [1.807, 2.05) is 11.8 Å². The molecule has 22 heavy (non-hydrogen) atoms. The molecule has 2 fully saturated rings. The summed E-state index contributed by atoms with van der Waals surface area (Å²) >= 11 is 7.86. The van der Waals surface area contributed by atoms with E-state index in [1.54, 1.807) is 16.4 Å². The van der Waals surface area contributed by atoms with Crippen LogP contribution >= 0.6 is 23.4 Å². The summed E-state index contributed by atoms with van der Waals surface area (Å²) in [6.45, 7) is 0. The van der Waals surface area contributed by atoms with E-state index in [4.69, 9.17) is 16.3 Å². The van der Waals surface area contributed by atoms with Crippen molar-refractivity contribution in [2.75, 3.05) is 13.4 Å². The number of sulfonamides is 1. The van der Waals surface area contributed by atoms with Crippen LogP contribution in [-0.2, 0) is 10.0 Å². The van der Waals surface area contributed by atoms with Crippen LogP contribution in [0.25, 0.3) is 0 Å². The lowest BCUT2D eigenvalue weighted by atomic mass is 10.1.